The highest BCUT2D eigenvalue weighted by molar-refractivity contribution is 9.10. The molecule has 0 aromatic heterocycles. The summed E-state index contributed by atoms with van der Waals surface area (Å²) in [6.45, 7) is 0.352. The Hall–Kier alpha value is -0.940. The highest BCUT2D eigenvalue weighted by Gasteiger charge is 2.25. The number of hydrogen-bond donors (Lipinski definition) is 2. The normalized spacial score (nSPS) is 22.5. The number of halogens is 2. The van der Waals surface area contributed by atoms with Gasteiger partial charge in [-0.1, -0.05) is 12.5 Å². The van der Waals surface area contributed by atoms with Gasteiger partial charge in [0.15, 0.2) is 0 Å². The first kappa shape index (κ1) is 14.5. The third-order valence-corrected chi connectivity index (χ3v) is 4.28. The average molecular weight is 329 g/mol. The van der Waals surface area contributed by atoms with Crippen molar-refractivity contribution in [2.45, 2.75) is 38.3 Å². The number of nitrogens with two attached hydrogens (primary N) is 1. The molecule has 1 fully saturated rings. The molecule has 1 aliphatic rings. The van der Waals surface area contributed by atoms with Crippen LogP contribution in [-0.2, 0) is 11.3 Å². The second-order valence-electron chi connectivity index (χ2n) is 5.08. The lowest BCUT2D eigenvalue weighted by atomic mass is 10.00. The summed E-state index contributed by atoms with van der Waals surface area (Å²) >= 11 is 3.10. The van der Waals surface area contributed by atoms with Crippen molar-refractivity contribution in [3.8, 4) is 0 Å². The fourth-order valence-electron chi connectivity index (χ4n) is 2.48. The van der Waals surface area contributed by atoms with E-state index in [0.29, 0.717) is 23.4 Å². The van der Waals surface area contributed by atoms with Gasteiger partial charge in [-0.3, -0.25) is 4.79 Å². The van der Waals surface area contributed by atoms with Crippen LogP contribution in [0.3, 0.4) is 0 Å². The number of hydrogen-bond acceptors (Lipinski definition) is 2. The Morgan fingerprint density at radius 3 is 2.89 bits per heavy atom. The van der Waals surface area contributed by atoms with Gasteiger partial charge in [-0.25, -0.2) is 4.39 Å². The van der Waals surface area contributed by atoms with E-state index in [9.17, 15) is 9.18 Å². The number of amides is 1. The molecular weight excluding hydrogens is 311 g/mol. The minimum atomic E-state index is -0.315. The molecule has 2 rings (SSSR count). The minimum Gasteiger partial charge on any atom is -0.352 e. The molecule has 0 unspecified atom stereocenters. The molecule has 1 saturated carbocycles. The molecule has 0 spiro atoms. The van der Waals surface area contributed by atoms with E-state index in [1.54, 1.807) is 12.1 Å². The number of nitrogens with one attached hydrogen (secondary N) is 1. The number of rotatable bonds is 4. The van der Waals surface area contributed by atoms with Gasteiger partial charge in [0.2, 0.25) is 5.91 Å². The summed E-state index contributed by atoms with van der Waals surface area (Å²) < 4.78 is 13.7. The third kappa shape index (κ3) is 4.01. The summed E-state index contributed by atoms with van der Waals surface area (Å²) in [5, 5.41) is 2.82. The van der Waals surface area contributed by atoms with Crippen LogP contribution in [0, 0.1) is 11.7 Å². The number of benzene rings is 1. The maximum Gasteiger partial charge on any atom is 0.220 e. The van der Waals surface area contributed by atoms with Crippen molar-refractivity contribution < 1.29 is 9.18 Å². The van der Waals surface area contributed by atoms with Gasteiger partial charge in [0.25, 0.3) is 0 Å². The van der Waals surface area contributed by atoms with Gasteiger partial charge in [0.05, 0.1) is 4.47 Å². The number of carbonyl (C=O) groups excluding carboxylic acids is 1. The topological polar surface area (TPSA) is 55.1 Å². The largest absolute Gasteiger partial charge is 0.352 e. The van der Waals surface area contributed by atoms with E-state index in [4.69, 9.17) is 5.73 Å². The molecule has 3 N–H and O–H groups in total. The monoisotopic (exact) mass is 328 g/mol. The summed E-state index contributed by atoms with van der Waals surface area (Å²) in [4.78, 5) is 11.8. The molecule has 0 saturated heterocycles. The van der Waals surface area contributed by atoms with Crippen LogP contribution in [0.25, 0.3) is 0 Å². The molecule has 0 bridgehead atoms. The predicted octanol–water partition coefficient (Wildman–Crippen LogP) is 2.72. The molecular formula is C14H18BrFN2O. The zero-order valence-corrected chi connectivity index (χ0v) is 12.2. The Kier molecular flexibility index (Phi) is 4.93. The van der Waals surface area contributed by atoms with Crippen LogP contribution in [0.1, 0.15) is 31.2 Å². The molecule has 3 nitrogen and oxygen atoms in total. The zero-order chi connectivity index (χ0) is 13.8. The molecule has 0 aliphatic heterocycles. The Morgan fingerprint density at radius 2 is 2.26 bits per heavy atom. The minimum absolute atomic E-state index is 0.00863. The van der Waals surface area contributed by atoms with E-state index in [1.165, 1.54) is 6.07 Å². The fourth-order valence-corrected chi connectivity index (χ4v) is 2.73. The van der Waals surface area contributed by atoms with Gasteiger partial charge in [-0.05, 0) is 52.4 Å². The summed E-state index contributed by atoms with van der Waals surface area (Å²) in [6.07, 6.45) is 3.62. The first-order valence-corrected chi connectivity index (χ1v) is 7.32. The van der Waals surface area contributed by atoms with Crippen LogP contribution < -0.4 is 11.1 Å². The highest BCUT2D eigenvalue weighted by Crippen LogP contribution is 2.26. The molecule has 104 valence electrons. The molecule has 0 heterocycles. The Bertz CT molecular complexity index is 467. The molecule has 1 aliphatic carbocycles. The maximum absolute atomic E-state index is 13.3. The molecule has 19 heavy (non-hydrogen) atoms. The smallest absolute Gasteiger partial charge is 0.220 e. The van der Waals surface area contributed by atoms with E-state index in [2.05, 4.69) is 21.2 Å². The van der Waals surface area contributed by atoms with Crippen molar-refractivity contribution in [3.05, 3.63) is 34.1 Å². The van der Waals surface area contributed by atoms with Gasteiger partial charge in [0, 0.05) is 19.0 Å². The molecule has 0 radical (unpaired) electrons. The summed E-state index contributed by atoms with van der Waals surface area (Å²) in [7, 11) is 0. The van der Waals surface area contributed by atoms with Gasteiger partial charge in [0.1, 0.15) is 5.82 Å². The summed E-state index contributed by atoms with van der Waals surface area (Å²) in [5.41, 5.74) is 6.69. The van der Waals surface area contributed by atoms with E-state index in [1.807, 2.05) is 0 Å². The Morgan fingerprint density at radius 1 is 1.47 bits per heavy atom. The predicted molar refractivity (Wildman–Crippen MR) is 75.9 cm³/mol. The van der Waals surface area contributed by atoms with Crippen LogP contribution in [0.4, 0.5) is 4.39 Å². The molecule has 1 aromatic rings. The molecule has 5 heteroatoms. The summed E-state index contributed by atoms with van der Waals surface area (Å²) in [6, 6.07) is 5.00. The average Bonchev–Trinajstić information content (AvgIpc) is 2.77. The molecule has 2 atom stereocenters. The summed E-state index contributed by atoms with van der Waals surface area (Å²) in [5.74, 6) is -0.0307. The highest BCUT2D eigenvalue weighted by atomic mass is 79.9. The third-order valence-electron chi connectivity index (χ3n) is 3.64. The van der Waals surface area contributed by atoms with E-state index in [0.717, 1.165) is 24.8 Å². The van der Waals surface area contributed by atoms with Crippen molar-refractivity contribution in [2.24, 2.45) is 11.7 Å². The SMILES string of the molecule is N[C@@H]1CCC[C@H]1CC(=O)NCc1ccc(Br)c(F)c1. The lowest BCUT2D eigenvalue weighted by molar-refractivity contribution is -0.122. The van der Waals surface area contributed by atoms with Gasteiger partial charge < -0.3 is 11.1 Å². The first-order valence-electron chi connectivity index (χ1n) is 6.52. The van der Waals surface area contributed by atoms with E-state index >= 15 is 0 Å². The standard InChI is InChI=1S/C14H18BrFN2O/c15-11-5-4-9(6-12(11)16)8-18-14(19)7-10-2-1-3-13(10)17/h4-6,10,13H,1-3,7-8,17H2,(H,18,19)/t10-,13+/m0/s1. The number of carbonyl (C=O) groups is 1. The van der Waals surface area contributed by atoms with Crippen molar-refractivity contribution >= 4 is 21.8 Å². The van der Waals surface area contributed by atoms with Crippen molar-refractivity contribution in [1.29, 1.82) is 0 Å². The lowest BCUT2D eigenvalue weighted by Crippen LogP contribution is -2.31. The van der Waals surface area contributed by atoms with Crippen LogP contribution >= 0.6 is 15.9 Å². The van der Waals surface area contributed by atoms with E-state index < -0.39 is 0 Å². The van der Waals surface area contributed by atoms with Crippen LogP contribution in [0.15, 0.2) is 22.7 Å². The van der Waals surface area contributed by atoms with Gasteiger partial charge in [-0.2, -0.15) is 0 Å². The Labute approximate surface area is 120 Å². The van der Waals surface area contributed by atoms with Gasteiger partial charge >= 0.3 is 0 Å². The fraction of sp³-hybridized carbons (Fsp3) is 0.500. The molecule has 1 aromatic carbocycles. The molecule has 1 amide bonds. The van der Waals surface area contributed by atoms with Crippen LogP contribution in [0.5, 0.6) is 0 Å². The van der Waals surface area contributed by atoms with Gasteiger partial charge in [-0.15, -0.1) is 0 Å². The maximum atomic E-state index is 13.3. The van der Waals surface area contributed by atoms with Crippen molar-refractivity contribution in [3.63, 3.8) is 0 Å². The quantitative estimate of drug-likeness (QED) is 0.892. The Balaban J connectivity index is 1.81. The van der Waals surface area contributed by atoms with Crippen LogP contribution in [0.2, 0.25) is 0 Å². The second kappa shape index (κ2) is 6.48. The first-order chi connectivity index (χ1) is 9.06. The van der Waals surface area contributed by atoms with Crippen molar-refractivity contribution in [2.75, 3.05) is 0 Å². The van der Waals surface area contributed by atoms with E-state index in [-0.39, 0.29) is 17.8 Å². The zero-order valence-electron chi connectivity index (χ0n) is 10.7. The second-order valence-corrected chi connectivity index (χ2v) is 5.94. The van der Waals surface area contributed by atoms with Crippen LogP contribution in [-0.4, -0.2) is 11.9 Å². The van der Waals surface area contributed by atoms with Crippen molar-refractivity contribution in [1.82, 2.24) is 5.32 Å². The lowest BCUT2D eigenvalue weighted by Gasteiger charge is -2.14.